The fourth-order valence-corrected chi connectivity index (χ4v) is 3.96. The molecule has 1 aliphatic heterocycles. The quantitative estimate of drug-likeness (QED) is 0.664. The molecule has 166 valence electrons. The topological polar surface area (TPSA) is 102 Å². The van der Waals surface area contributed by atoms with E-state index in [1.807, 2.05) is 0 Å². The van der Waals surface area contributed by atoms with Crippen molar-refractivity contribution in [3.05, 3.63) is 90.0 Å². The molecule has 0 bridgehead atoms. The number of nitrogens with zero attached hydrogens (tertiary/aromatic N) is 1. The van der Waals surface area contributed by atoms with Crippen LogP contribution in [0.2, 0.25) is 0 Å². The number of benzene rings is 2. The number of halogens is 1. The molecule has 0 aliphatic carbocycles. The van der Waals surface area contributed by atoms with E-state index in [9.17, 15) is 22.4 Å². The molecular weight excluding hydrogens is 439 g/mol. The zero-order valence-electron chi connectivity index (χ0n) is 17.1. The number of esters is 2. The van der Waals surface area contributed by atoms with Gasteiger partial charge in [0.25, 0.3) is 10.0 Å². The zero-order chi connectivity index (χ0) is 23.3. The third kappa shape index (κ3) is 4.86. The molecule has 10 heteroatoms. The minimum absolute atomic E-state index is 0.0401. The van der Waals surface area contributed by atoms with E-state index in [2.05, 4.69) is 4.72 Å². The Hall–Kier alpha value is -3.92. The zero-order valence-corrected chi connectivity index (χ0v) is 17.9. The monoisotopic (exact) mass is 458 g/mol. The van der Waals surface area contributed by atoms with Crippen LogP contribution in [0, 0.1) is 5.82 Å². The molecule has 0 radical (unpaired) electrons. The number of allylic oxidation sites excluding steroid dienone is 2. The summed E-state index contributed by atoms with van der Waals surface area (Å²) in [6, 6.07) is 10.5. The molecule has 0 amide bonds. The molecule has 1 aliphatic rings. The first kappa shape index (κ1) is 22.8. The van der Waals surface area contributed by atoms with E-state index in [4.69, 9.17) is 9.47 Å². The average molecular weight is 458 g/mol. The van der Waals surface area contributed by atoms with Crippen LogP contribution in [0.5, 0.6) is 0 Å². The van der Waals surface area contributed by atoms with Crippen LogP contribution in [0.3, 0.4) is 0 Å². The molecule has 8 nitrogen and oxygen atoms in total. The predicted molar refractivity (Wildman–Crippen MR) is 115 cm³/mol. The summed E-state index contributed by atoms with van der Waals surface area (Å²) in [5.41, 5.74) is 0.400. The minimum atomic E-state index is -3.99. The average Bonchev–Trinajstić information content (AvgIpc) is 3.01. The lowest BCUT2D eigenvalue weighted by Gasteiger charge is -2.23. The lowest BCUT2D eigenvalue weighted by molar-refractivity contribution is -0.139. The largest absolute Gasteiger partial charge is 0.465 e. The van der Waals surface area contributed by atoms with Crippen LogP contribution in [0.1, 0.15) is 0 Å². The summed E-state index contributed by atoms with van der Waals surface area (Å²) in [7, 11) is -1.63. The number of carbonyl (C=O) groups is 2. The predicted octanol–water partition coefficient (Wildman–Crippen LogP) is 3.12. The minimum Gasteiger partial charge on any atom is -0.465 e. The highest BCUT2D eigenvalue weighted by Gasteiger charge is 2.27. The standard InChI is InChI=1S/C22H19FN2O6S/c1-30-21(26)19-8-3-4-13-25(20(19)22(27)31-2)17-7-5-6-16(14-17)24-32(28,29)18-11-9-15(23)10-12-18/h3-14,24H,1-2H3. The maximum absolute atomic E-state index is 13.1. The number of ether oxygens (including phenoxy) is 2. The fourth-order valence-electron chi connectivity index (χ4n) is 2.91. The highest BCUT2D eigenvalue weighted by Crippen LogP contribution is 2.29. The van der Waals surface area contributed by atoms with E-state index in [-0.39, 0.29) is 21.9 Å². The van der Waals surface area contributed by atoms with Crippen molar-refractivity contribution in [3.63, 3.8) is 0 Å². The number of sulfonamides is 1. The third-order valence-corrected chi connectivity index (χ3v) is 5.79. The summed E-state index contributed by atoms with van der Waals surface area (Å²) >= 11 is 0. The van der Waals surface area contributed by atoms with Gasteiger partial charge in [0.1, 0.15) is 11.5 Å². The first-order valence-corrected chi connectivity index (χ1v) is 10.7. The van der Waals surface area contributed by atoms with Gasteiger partial charge in [0.15, 0.2) is 0 Å². The van der Waals surface area contributed by atoms with E-state index < -0.39 is 27.8 Å². The van der Waals surface area contributed by atoms with E-state index in [1.165, 1.54) is 43.5 Å². The van der Waals surface area contributed by atoms with E-state index >= 15 is 0 Å². The Labute approximate surface area is 184 Å². The van der Waals surface area contributed by atoms with Gasteiger partial charge in [0.05, 0.1) is 30.4 Å². The first-order valence-electron chi connectivity index (χ1n) is 9.20. The number of methoxy groups -OCH3 is 2. The second-order valence-electron chi connectivity index (χ2n) is 6.43. The van der Waals surface area contributed by atoms with E-state index in [0.29, 0.717) is 5.69 Å². The Morgan fingerprint density at radius 3 is 2.31 bits per heavy atom. The van der Waals surface area contributed by atoms with E-state index in [0.717, 1.165) is 24.3 Å². The lowest BCUT2D eigenvalue weighted by Crippen LogP contribution is -2.27. The van der Waals surface area contributed by atoms with Gasteiger partial charge in [-0.3, -0.25) is 4.72 Å². The number of hydrogen-bond donors (Lipinski definition) is 1. The summed E-state index contributed by atoms with van der Waals surface area (Å²) < 4.78 is 50.4. The van der Waals surface area contributed by atoms with Gasteiger partial charge in [0.2, 0.25) is 0 Å². The molecule has 1 N–H and O–H groups in total. The summed E-state index contributed by atoms with van der Waals surface area (Å²) in [5.74, 6) is -2.10. The van der Waals surface area contributed by atoms with Crippen LogP contribution in [0.4, 0.5) is 15.8 Å². The number of hydrogen-bond acceptors (Lipinski definition) is 7. The van der Waals surface area contributed by atoms with Gasteiger partial charge in [-0.05, 0) is 54.6 Å². The van der Waals surface area contributed by atoms with Gasteiger partial charge in [-0.2, -0.15) is 0 Å². The highest BCUT2D eigenvalue weighted by molar-refractivity contribution is 7.92. The second-order valence-corrected chi connectivity index (χ2v) is 8.11. The van der Waals surface area contributed by atoms with Crippen molar-refractivity contribution in [1.82, 2.24) is 0 Å². The summed E-state index contributed by atoms with van der Waals surface area (Å²) in [6.45, 7) is 0. The van der Waals surface area contributed by atoms with Crippen molar-refractivity contribution >= 4 is 33.3 Å². The van der Waals surface area contributed by atoms with Crippen LogP contribution in [0.15, 0.2) is 89.1 Å². The van der Waals surface area contributed by atoms with Crippen molar-refractivity contribution in [1.29, 1.82) is 0 Å². The molecule has 32 heavy (non-hydrogen) atoms. The molecule has 0 fully saturated rings. The summed E-state index contributed by atoms with van der Waals surface area (Å²) in [5, 5.41) is 0. The highest BCUT2D eigenvalue weighted by atomic mass is 32.2. The molecule has 2 aromatic rings. The maximum Gasteiger partial charge on any atom is 0.355 e. The molecule has 0 atom stereocenters. The van der Waals surface area contributed by atoms with Crippen molar-refractivity contribution in [2.45, 2.75) is 4.90 Å². The maximum atomic E-state index is 13.1. The number of rotatable bonds is 6. The third-order valence-electron chi connectivity index (χ3n) is 4.39. The van der Waals surface area contributed by atoms with Gasteiger partial charge in [0, 0.05) is 11.9 Å². The normalized spacial score (nSPS) is 13.5. The van der Waals surface area contributed by atoms with Crippen LogP contribution in [-0.2, 0) is 29.1 Å². The molecule has 3 rings (SSSR count). The van der Waals surface area contributed by atoms with Crippen molar-refractivity contribution < 1.29 is 31.9 Å². The van der Waals surface area contributed by atoms with Gasteiger partial charge in [-0.1, -0.05) is 12.1 Å². The Morgan fingerprint density at radius 2 is 1.66 bits per heavy atom. The van der Waals surface area contributed by atoms with Gasteiger partial charge >= 0.3 is 11.9 Å². The Bertz CT molecular complexity index is 1230. The van der Waals surface area contributed by atoms with Gasteiger partial charge in [-0.15, -0.1) is 0 Å². The Kier molecular flexibility index (Phi) is 6.74. The Balaban J connectivity index is 2.02. The number of carbonyl (C=O) groups excluding carboxylic acids is 2. The van der Waals surface area contributed by atoms with Crippen molar-refractivity contribution in [3.8, 4) is 0 Å². The van der Waals surface area contributed by atoms with Gasteiger partial charge in [-0.25, -0.2) is 22.4 Å². The molecule has 0 spiro atoms. The second kappa shape index (κ2) is 9.48. The van der Waals surface area contributed by atoms with Crippen LogP contribution >= 0.6 is 0 Å². The first-order chi connectivity index (χ1) is 15.3. The van der Waals surface area contributed by atoms with E-state index in [1.54, 1.807) is 24.3 Å². The van der Waals surface area contributed by atoms with Crippen LogP contribution in [0.25, 0.3) is 0 Å². The molecule has 0 saturated heterocycles. The number of anilines is 2. The van der Waals surface area contributed by atoms with Crippen molar-refractivity contribution in [2.75, 3.05) is 23.8 Å². The smallest absolute Gasteiger partial charge is 0.355 e. The molecular formula is C22H19FN2O6S. The van der Waals surface area contributed by atoms with Gasteiger partial charge < -0.3 is 14.4 Å². The molecule has 0 saturated carbocycles. The summed E-state index contributed by atoms with van der Waals surface area (Å²) in [4.78, 5) is 26.0. The SMILES string of the molecule is COC(=O)C1=C(C(=O)OC)N(c2cccc(NS(=O)(=O)c3ccc(F)cc3)c2)C=CC=C1. The molecule has 0 aromatic heterocycles. The molecule has 0 unspecified atom stereocenters. The summed E-state index contributed by atoms with van der Waals surface area (Å²) in [6.07, 6.45) is 6.08. The lowest BCUT2D eigenvalue weighted by atomic mass is 10.1. The fraction of sp³-hybridized carbons (Fsp3) is 0.0909. The van der Waals surface area contributed by atoms with Crippen LogP contribution < -0.4 is 9.62 Å². The molecule has 1 heterocycles. The van der Waals surface area contributed by atoms with Crippen LogP contribution in [-0.4, -0.2) is 34.6 Å². The molecule has 2 aromatic carbocycles. The number of nitrogens with one attached hydrogen (secondary N) is 1. The van der Waals surface area contributed by atoms with Crippen molar-refractivity contribution in [2.24, 2.45) is 0 Å². The Morgan fingerprint density at radius 1 is 0.969 bits per heavy atom.